The Morgan fingerprint density at radius 2 is 1.77 bits per heavy atom. The van der Waals surface area contributed by atoms with Gasteiger partial charge in [-0.15, -0.1) is 0 Å². The number of carbonyl (C=O) groups is 2. The van der Waals surface area contributed by atoms with Gasteiger partial charge in [-0.1, -0.05) is 60.3 Å². The zero-order valence-corrected chi connectivity index (χ0v) is 20.6. The number of rotatable bonds is 6. The highest BCUT2D eigenvalue weighted by atomic mass is 32.2. The maximum atomic E-state index is 13.7. The molecule has 6 nitrogen and oxygen atoms in total. The van der Waals surface area contributed by atoms with Crippen molar-refractivity contribution in [2.24, 2.45) is 0 Å². The van der Waals surface area contributed by atoms with Crippen molar-refractivity contribution in [3.05, 3.63) is 100 Å². The monoisotopic (exact) mass is 483 g/mol. The van der Waals surface area contributed by atoms with E-state index in [0.29, 0.717) is 28.6 Å². The molecule has 2 amide bonds. The second-order valence-corrected chi connectivity index (χ2v) is 9.37. The lowest BCUT2D eigenvalue weighted by atomic mass is 10.1. The fraction of sp³-hybridized carbons (Fsp3) is 0.179. The van der Waals surface area contributed by atoms with Crippen molar-refractivity contribution in [3.8, 4) is 11.8 Å². The second kappa shape index (κ2) is 10.5. The van der Waals surface area contributed by atoms with Gasteiger partial charge in [0.05, 0.1) is 18.0 Å². The first kappa shape index (κ1) is 24.1. The van der Waals surface area contributed by atoms with Crippen molar-refractivity contribution in [2.75, 3.05) is 17.3 Å². The largest absolute Gasteiger partial charge is 0.497 e. The predicted molar refractivity (Wildman–Crippen MR) is 139 cm³/mol. The number of para-hydroxylation sites is 2. The van der Waals surface area contributed by atoms with Gasteiger partial charge < -0.3 is 10.1 Å². The molecule has 0 aromatic heterocycles. The molecule has 7 heteroatoms. The summed E-state index contributed by atoms with van der Waals surface area (Å²) in [5, 5.41) is 12.7. The van der Waals surface area contributed by atoms with Gasteiger partial charge in [-0.3, -0.25) is 14.5 Å². The van der Waals surface area contributed by atoms with Crippen LogP contribution in [-0.2, 0) is 16.0 Å². The number of benzene rings is 3. The Morgan fingerprint density at radius 3 is 2.46 bits per heavy atom. The summed E-state index contributed by atoms with van der Waals surface area (Å²) >= 11 is 1.25. The number of methoxy groups -OCH3 is 1. The lowest BCUT2D eigenvalue weighted by Gasteiger charge is -2.20. The number of ether oxygens (including phenoxy) is 1. The van der Waals surface area contributed by atoms with E-state index in [1.807, 2.05) is 80.6 Å². The quantitative estimate of drug-likeness (QED) is 0.376. The van der Waals surface area contributed by atoms with Crippen LogP contribution in [0, 0.1) is 25.2 Å². The number of hydrogen-bond acceptors (Lipinski definition) is 5. The summed E-state index contributed by atoms with van der Waals surface area (Å²) in [5.74, 6) is -0.00364. The Hall–Kier alpha value is -4.02. The van der Waals surface area contributed by atoms with E-state index in [1.165, 1.54) is 16.7 Å². The van der Waals surface area contributed by atoms with Crippen LogP contribution in [-0.4, -0.2) is 24.2 Å². The van der Waals surface area contributed by atoms with Crippen molar-refractivity contribution < 1.29 is 14.3 Å². The van der Waals surface area contributed by atoms with Crippen molar-refractivity contribution in [1.29, 1.82) is 5.26 Å². The normalized spacial score (nSPS) is 16.6. The Morgan fingerprint density at radius 1 is 1.06 bits per heavy atom. The Kier molecular flexibility index (Phi) is 7.23. The van der Waals surface area contributed by atoms with Crippen LogP contribution in [0.5, 0.6) is 5.75 Å². The number of nitrogens with zero attached hydrogens (tertiary/aromatic N) is 2. The number of amides is 2. The van der Waals surface area contributed by atoms with Gasteiger partial charge >= 0.3 is 0 Å². The molecule has 1 heterocycles. The number of aryl methyl sites for hydroxylation is 2. The van der Waals surface area contributed by atoms with Crippen LogP contribution >= 0.6 is 11.8 Å². The molecule has 3 aromatic rings. The predicted octanol–water partition coefficient (Wildman–Crippen LogP) is 5.38. The van der Waals surface area contributed by atoms with Gasteiger partial charge in [-0.25, -0.2) is 0 Å². The molecular weight excluding hydrogens is 458 g/mol. The lowest BCUT2D eigenvalue weighted by Crippen LogP contribution is -2.31. The molecule has 0 radical (unpaired) electrons. The first-order chi connectivity index (χ1) is 16.9. The van der Waals surface area contributed by atoms with Crippen LogP contribution < -0.4 is 15.0 Å². The highest BCUT2D eigenvalue weighted by molar-refractivity contribution is 8.05. The first-order valence-corrected chi connectivity index (χ1v) is 12.0. The van der Waals surface area contributed by atoms with E-state index < -0.39 is 11.2 Å². The van der Waals surface area contributed by atoms with Crippen molar-refractivity contribution in [3.63, 3.8) is 0 Å². The summed E-state index contributed by atoms with van der Waals surface area (Å²) < 4.78 is 5.32. The zero-order chi connectivity index (χ0) is 24.9. The highest BCUT2D eigenvalue weighted by Crippen LogP contribution is 2.43. The molecule has 1 atom stereocenters. The van der Waals surface area contributed by atoms with Gasteiger partial charge in [0.2, 0.25) is 5.91 Å². The summed E-state index contributed by atoms with van der Waals surface area (Å²) in [6.07, 6.45) is 0.435. The molecule has 1 N–H and O–H groups in total. The summed E-state index contributed by atoms with van der Waals surface area (Å²) in [6, 6.07) is 24.4. The molecule has 1 fully saturated rings. The van der Waals surface area contributed by atoms with Gasteiger partial charge in [-0.2, -0.15) is 5.26 Å². The fourth-order valence-corrected chi connectivity index (χ4v) is 5.23. The van der Waals surface area contributed by atoms with Gasteiger partial charge in [0.15, 0.2) is 0 Å². The van der Waals surface area contributed by atoms with Crippen LogP contribution in [0.2, 0.25) is 0 Å². The molecule has 1 saturated heterocycles. The van der Waals surface area contributed by atoms with E-state index in [4.69, 9.17) is 4.74 Å². The summed E-state index contributed by atoms with van der Waals surface area (Å²) in [7, 11) is 1.60. The third kappa shape index (κ3) is 5.08. The maximum absolute atomic E-state index is 13.7. The Balaban J connectivity index is 1.75. The number of thioether (sulfide) groups is 1. The van der Waals surface area contributed by atoms with E-state index >= 15 is 0 Å². The molecule has 0 spiro atoms. The summed E-state index contributed by atoms with van der Waals surface area (Å²) in [5.41, 5.74) is 3.87. The molecule has 1 aliphatic heterocycles. The number of anilines is 2. The van der Waals surface area contributed by atoms with E-state index in [2.05, 4.69) is 11.4 Å². The standard InChI is InChI=1S/C28H25N3O3S/c1-18-9-4-6-13-23(18)30-26(32)22(17-29)28-31(24-14-7-5-10-19(24)2)27(33)25(35-28)16-20-11-8-12-21(15-20)34-3/h4-15,25H,16H2,1-3H3,(H,30,32)/b28-22-/t25-/m1/s1. The summed E-state index contributed by atoms with van der Waals surface area (Å²) in [4.78, 5) is 28.4. The zero-order valence-electron chi connectivity index (χ0n) is 19.7. The van der Waals surface area contributed by atoms with Gasteiger partial charge in [0.1, 0.15) is 22.4 Å². The fourth-order valence-electron chi connectivity index (χ4n) is 3.93. The molecule has 0 unspecified atom stereocenters. The topological polar surface area (TPSA) is 82.4 Å². The van der Waals surface area contributed by atoms with Gasteiger partial charge in [0.25, 0.3) is 5.91 Å². The van der Waals surface area contributed by atoms with Crippen LogP contribution in [0.1, 0.15) is 16.7 Å². The van der Waals surface area contributed by atoms with Crippen molar-refractivity contribution in [2.45, 2.75) is 25.5 Å². The average molecular weight is 484 g/mol. The molecule has 0 bridgehead atoms. The van der Waals surface area contributed by atoms with Crippen LogP contribution in [0.15, 0.2) is 83.4 Å². The molecular formula is C28H25N3O3S. The molecule has 0 aliphatic carbocycles. The molecule has 0 saturated carbocycles. The third-order valence-corrected chi connectivity index (χ3v) is 7.07. The molecule has 3 aromatic carbocycles. The SMILES string of the molecule is COc1cccc(C[C@H]2S/C(=C(/C#N)C(=O)Nc3ccccc3C)N(c3ccccc3C)C2=O)c1. The van der Waals surface area contributed by atoms with Gasteiger partial charge in [-0.05, 0) is 61.2 Å². The number of nitriles is 1. The minimum atomic E-state index is -0.544. The average Bonchev–Trinajstić information content (AvgIpc) is 3.16. The maximum Gasteiger partial charge on any atom is 0.269 e. The number of hydrogen-bond donors (Lipinski definition) is 1. The smallest absolute Gasteiger partial charge is 0.269 e. The Bertz CT molecular complexity index is 1360. The van der Waals surface area contributed by atoms with Crippen LogP contribution in [0.3, 0.4) is 0 Å². The van der Waals surface area contributed by atoms with Crippen LogP contribution in [0.25, 0.3) is 0 Å². The van der Waals surface area contributed by atoms with E-state index in [0.717, 1.165) is 16.7 Å². The molecule has 35 heavy (non-hydrogen) atoms. The second-order valence-electron chi connectivity index (χ2n) is 8.18. The third-order valence-electron chi connectivity index (χ3n) is 5.81. The van der Waals surface area contributed by atoms with Gasteiger partial charge in [0, 0.05) is 5.69 Å². The van der Waals surface area contributed by atoms with Crippen LogP contribution in [0.4, 0.5) is 11.4 Å². The number of carbonyl (C=O) groups excluding carboxylic acids is 2. The van der Waals surface area contributed by atoms with Crippen molar-refractivity contribution >= 4 is 35.0 Å². The minimum absolute atomic E-state index is 0.0944. The van der Waals surface area contributed by atoms with Crippen molar-refractivity contribution in [1.82, 2.24) is 0 Å². The Labute approximate surface area is 209 Å². The summed E-state index contributed by atoms with van der Waals surface area (Å²) in [6.45, 7) is 3.78. The molecule has 4 rings (SSSR count). The highest BCUT2D eigenvalue weighted by Gasteiger charge is 2.41. The first-order valence-electron chi connectivity index (χ1n) is 11.1. The van der Waals surface area contributed by atoms with E-state index in [-0.39, 0.29) is 11.5 Å². The minimum Gasteiger partial charge on any atom is -0.497 e. The number of nitrogens with one attached hydrogen (secondary N) is 1. The molecule has 1 aliphatic rings. The van der Waals surface area contributed by atoms with E-state index in [9.17, 15) is 14.9 Å². The van der Waals surface area contributed by atoms with E-state index in [1.54, 1.807) is 13.2 Å². The molecule has 176 valence electrons. The lowest BCUT2D eigenvalue weighted by molar-refractivity contribution is -0.117.